The summed E-state index contributed by atoms with van der Waals surface area (Å²) in [5, 5.41) is 20.0. The summed E-state index contributed by atoms with van der Waals surface area (Å²) in [4.78, 5) is 0. The van der Waals surface area contributed by atoms with E-state index in [1.807, 2.05) is 30.3 Å². The number of hydrogen-bond donors (Lipinski definition) is 1. The SMILES string of the molecule is [O-]N(O)c1cc(Cl)ccc1OCc1ccccc1. The van der Waals surface area contributed by atoms with Crippen LogP contribution >= 0.6 is 11.6 Å². The summed E-state index contributed by atoms with van der Waals surface area (Å²) in [6.45, 7) is 0.309. The Kier molecular flexibility index (Phi) is 4.04. The molecule has 0 radical (unpaired) electrons. The molecule has 0 fully saturated rings. The fraction of sp³-hybridized carbons (Fsp3) is 0.0769. The molecule has 2 aromatic carbocycles. The molecule has 0 atom stereocenters. The first kappa shape index (κ1) is 12.7. The topological polar surface area (TPSA) is 55.8 Å². The Morgan fingerprint density at radius 1 is 1.17 bits per heavy atom. The second kappa shape index (κ2) is 5.73. The van der Waals surface area contributed by atoms with E-state index in [1.165, 1.54) is 6.07 Å². The third kappa shape index (κ3) is 3.13. The number of ether oxygens (including phenoxy) is 1. The van der Waals surface area contributed by atoms with Crippen molar-refractivity contribution in [1.82, 2.24) is 0 Å². The van der Waals surface area contributed by atoms with Gasteiger partial charge in [-0.2, -0.15) is 0 Å². The van der Waals surface area contributed by atoms with Crippen LogP contribution in [-0.4, -0.2) is 5.21 Å². The minimum absolute atomic E-state index is 0.0153. The van der Waals surface area contributed by atoms with Crippen molar-refractivity contribution in [2.24, 2.45) is 0 Å². The van der Waals surface area contributed by atoms with Gasteiger partial charge in [-0.1, -0.05) is 41.9 Å². The Bertz CT molecular complexity index is 517. The number of benzene rings is 2. The van der Waals surface area contributed by atoms with Crippen molar-refractivity contribution in [1.29, 1.82) is 0 Å². The lowest BCUT2D eigenvalue weighted by molar-refractivity contribution is 0.275. The smallest absolute Gasteiger partial charge is 0.144 e. The lowest BCUT2D eigenvalue weighted by Gasteiger charge is -2.24. The molecule has 0 aliphatic heterocycles. The van der Waals surface area contributed by atoms with Gasteiger partial charge in [0.05, 0.1) is 5.69 Å². The summed E-state index contributed by atoms with van der Waals surface area (Å²) in [6, 6.07) is 14.0. The standard InChI is InChI=1S/C13H11ClNO3/c14-11-6-7-13(12(8-11)15(16)17)18-9-10-4-2-1-3-5-10/h1-8,16H,9H2/q-1. The van der Waals surface area contributed by atoms with Gasteiger partial charge in [-0.3, -0.25) is 5.21 Å². The van der Waals surface area contributed by atoms with Gasteiger partial charge in [0.15, 0.2) is 0 Å². The Morgan fingerprint density at radius 3 is 2.56 bits per heavy atom. The minimum atomic E-state index is -0.258. The molecule has 0 aromatic heterocycles. The summed E-state index contributed by atoms with van der Waals surface area (Å²) >= 11 is 5.75. The summed E-state index contributed by atoms with van der Waals surface area (Å²) in [7, 11) is 0. The van der Waals surface area contributed by atoms with E-state index in [-0.39, 0.29) is 16.7 Å². The number of halogens is 1. The molecule has 0 saturated carbocycles. The van der Waals surface area contributed by atoms with E-state index in [2.05, 4.69) is 0 Å². The van der Waals surface area contributed by atoms with Gasteiger partial charge in [-0.05, 0) is 23.8 Å². The molecule has 0 spiro atoms. The van der Waals surface area contributed by atoms with E-state index in [0.717, 1.165) is 5.56 Å². The van der Waals surface area contributed by atoms with Crippen molar-refractivity contribution in [3.8, 4) is 5.75 Å². The van der Waals surface area contributed by atoms with E-state index in [1.54, 1.807) is 12.1 Å². The third-order valence-electron chi connectivity index (χ3n) is 2.36. The summed E-state index contributed by atoms with van der Waals surface area (Å²) < 4.78 is 5.48. The van der Waals surface area contributed by atoms with Crippen LogP contribution in [0.5, 0.6) is 5.75 Å². The Labute approximate surface area is 110 Å². The number of nitrogens with zero attached hydrogens (tertiary/aromatic N) is 1. The zero-order valence-corrected chi connectivity index (χ0v) is 10.2. The van der Waals surface area contributed by atoms with Crippen LogP contribution in [0.4, 0.5) is 5.69 Å². The van der Waals surface area contributed by atoms with Crippen LogP contribution in [0.1, 0.15) is 5.56 Å². The van der Waals surface area contributed by atoms with Crippen LogP contribution in [0.25, 0.3) is 0 Å². The van der Waals surface area contributed by atoms with Crippen molar-refractivity contribution in [2.75, 3.05) is 5.23 Å². The van der Waals surface area contributed by atoms with Crippen LogP contribution in [0, 0.1) is 5.21 Å². The Morgan fingerprint density at radius 2 is 1.89 bits per heavy atom. The van der Waals surface area contributed by atoms with Crippen molar-refractivity contribution in [2.45, 2.75) is 6.61 Å². The molecular weight excluding hydrogens is 254 g/mol. The first-order chi connectivity index (χ1) is 8.66. The predicted molar refractivity (Wildman–Crippen MR) is 69.9 cm³/mol. The molecule has 1 N–H and O–H groups in total. The average Bonchev–Trinajstić information content (AvgIpc) is 2.38. The molecule has 0 amide bonds. The van der Waals surface area contributed by atoms with Crippen LogP contribution in [0.3, 0.4) is 0 Å². The normalized spacial score (nSPS) is 10.2. The molecule has 0 saturated heterocycles. The van der Waals surface area contributed by atoms with E-state index in [4.69, 9.17) is 21.5 Å². The zero-order valence-electron chi connectivity index (χ0n) is 9.41. The zero-order chi connectivity index (χ0) is 13.0. The van der Waals surface area contributed by atoms with Gasteiger partial charge in [0.2, 0.25) is 0 Å². The first-order valence-corrected chi connectivity index (χ1v) is 5.67. The van der Waals surface area contributed by atoms with Gasteiger partial charge >= 0.3 is 0 Å². The van der Waals surface area contributed by atoms with Crippen molar-refractivity contribution < 1.29 is 9.94 Å². The number of rotatable bonds is 4. The fourth-order valence-electron chi connectivity index (χ4n) is 1.50. The molecule has 4 nitrogen and oxygen atoms in total. The maximum Gasteiger partial charge on any atom is 0.144 e. The highest BCUT2D eigenvalue weighted by molar-refractivity contribution is 6.30. The van der Waals surface area contributed by atoms with Gasteiger partial charge < -0.3 is 15.2 Å². The molecule has 5 heteroatoms. The summed E-state index contributed by atoms with van der Waals surface area (Å²) in [5.74, 6) is 0.278. The second-order valence-electron chi connectivity index (χ2n) is 3.66. The molecular formula is C13H11ClNO3-. The van der Waals surface area contributed by atoms with E-state index >= 15 is 0 Å². The quantitative estimate of drug-likeness (QED) is 0.857. The highest BCUT2D eigenvalue weighted by Gasteiger charge is 2.05. The monoisotopic (exact) mass is 264 g/mol. The molecule has 0 heterocycles. The lowest BCUT2D eigenvalue weighted by atomic mass is 10.2. The maximum absolute atomic E-state index is 11.0. The molecule has 94 valence electrons. The van der Waals surface area contributed by atoms with Gasteiger partial charge in [0, 0.05) is 5.02 Å². The third-order valence-corrected chi connectivity index (χ3v) is 2.60. The van der Waals surface area contributed by atoms with Crippen molar-refractivity contribution in [3.63, 3.8) is 0 Å². The lowest BCUT2D eigenvalue weighted by Crippen LogP contribution is -2.09. The van der Waals surface area contributed by atoms with Crippen LogP contribution in [0.15, 0.2) is 48.5 Å². The van der Waals surface area contributed by atoms with Gasteiger partial charge in [-0.15, -0.1) is 0 Å². The highest BCUT2D eigenvalue weighted by atomic mass is 35.5. The number of hydrogen-bond acceptors (Lipinski definition) is 4. The molecule has 2 rings (SSSR count). The summed E-state index contributed by atoms with van der Waals surface area (Å²) in [5.41, 5.74) is 0.951. The van der Waals surface area contributed by atoms with E-state index in [9.17, 15) is 5.21 Å². The second-order valence-corrected chi connectivity index (χ2v) is 4.10. The number of anilines is 1. The van der Waals surface area contributed by atoms with Crippen LogP contribution in [0.2, 0.25) is 5.02 Å². The van der Waals surface area contributed by atoms with Gasteiger partial charge in [0.1, 0.15) is 12.4 Å². The molecule has 0 unspecified atom stereocenters. The molecule has 0 aliphatic rings. The molecule has 2 aromatic rings. The van der Waals surface area contributed by atoms with Gasteiger partial charge in [-0.25, -0.2) is 0 Å². The Balaban J connectivity index is 2.14. The van der Waals surface area contributed by atoms with E-state index < -0.39 is 0 Å². The van der Waals surface area contributed by atoms with Crippen LogP contribution < -0.4 is 9.96 Å². The first-order valence-electron chi connectivity index (χ1n) is 5.29. The summed E-state index contributed by atoms with van der Waals surface area (Å²) in [6.07, 6.45) is 0. The fourth-order valence-corrected chi connectivity index (χ4v) is 1.66. The largest absolute Gasteiger partial charge is 0.733 e. The van der Waals surface area contributed by atoms with Crippen molar-refractivity contribution in [3.05, 3.63) is 64.3 Å². The average molecular weight is 265 g/mol. The molecule has 0 aliphatic carbocycles. The molecule has 0 bridgehead atoms. The Hall–Kier alpha value is -1.75. The van der Waals surface area contributed by atoms with E-state index in [0.29, 0.717) is 11.6 Å². The highest BCUT2D eigenvalue weighted by Crippen LogP contribution is 2.30. The minimum Gasteiger partial charge on any atom is -0.733 e. The van der Waals surface area contributed by atoms with Crippen molar-refractivity contribution >= 4 is 17.3 Å². The molecule has 18 heavy (non-hydrogen) atoms. The maximum atomic E-state index is 11.0. The van der Waals surface area contributed by atoms with Crippen LogP contribution in [-0.2, 0) is 6.61 Å². The van der Waals surface area contributed by atoms with Gasteiger partial charge in [0.25, 0.3) is 0 Å². The predicted octanol–water partition coefficient (Wildman–Crippen LogP) is 3.61.